The van der Waals surface area contributed by atoms with Crippen LogP contribution in [0.25, 0.3) is 0 Å². The van der Waals surface area contributed by atoms with Crippen molar-refractivity contribution in [2.45, 2.75) is 20.3 Å². The Morgan fingerprint density at radius 2 is 2.00 bits per heavy atom. The Hall–Kier alpha value is -1.10. The molecule has 0 atom stereocenters. The Morgan fingerprint density at radius 3 is 2.47 bits per heavy atom. The molecule has 0 amide bonds. The van der Waals surface area contributed by atoms with Crippen LogP contribution in [0.15, 0.2) is 48.3 Å². The number of halogens is 1. The summed E-state index contributed by atoms with van der Waals surface area (Å²) >= 11 is 1.75. The van der Waals surface area contributed by atoms with E-state index in [2.05, 4.69) is 6.58 Å². The van der Waals surface area contributed by atoms with Crippen molar-refractivity contribution in [1.82, 2.24) is 0 Å². The van der Waals surface area contributed by atoms with Crippen LogP contribution in [-0.2, 0) is 14.3 Å². The Morgan fingerprint density at radius 1 is 1.41 bits per heavy atom. The zero-order valence-electron chi connectivity index (χ0n) is 10.00. The molecule has 0 heterocycles. The third-order valence-electron chi connectivity index (χ3n) is 2.54. The standard InChI is InChI=1S/C14H15IO2/c1-4-14(17-15)11(3)13(16)9-12-7-5-10(2)6-8-12/h4-8H,1,9H2,2-3H3/b14-11-. The summed E-state index contributed by atoms with van der Waals surface area (Å²) in [6.45, 7) is 7.39. The molecule has 3 heteroatoms. The number of hydrogen-bond acceptors (Lipinski definition) is 2. The van der Waals surface area contributed by atoms with Crippen molar-refractivity contribution in [1.29, 1.82) is 0 Å². The second-order valence-corrected chi connectivity index (χ2v) is 4.30. The molecule has 2 nitrogen and oxygen atoms in total. The Bertz CT molecular complexity index is 444. The van der Waals surface area contributed by atoms with Gasteiger partial charge in [-0.05, 0) is 25.5 Å². The van der Waals surface area contributed by atoms with Crippen molar-refractivity contribution in [3.8, 4) is 0 Å². The average molecular weight is 342 g/mol. The number of rotatable bonds is 5. The van der Waals surface area contributed by atoms with Crippen molar-refractivity contribution < 1.29 is 7.86 Å². The summed E-state index contributed by atoms with van der Waals surface area (Å²) in [4.78, 5) is 12.0. The number of carbonyl (C=O) groups excluding carboxylic acids is 1. The van der Waals surface area contributed by atoms with Crippen molar-refractivity contribution in [3.05, 3.63) is 59.4 Å². The molecule has 90 valence electrons. The van der Waals surface area contributed by atoms with Crippen molar-refractivity contribution in [2.75, 3.05) is 0 Å². The highest BCUT2D eigenvalue weighted by Crippen LogP contribution is 2.14. The lowest BCUT2D eigenvalue weighted by Crippen LogP contribution is -2.06. The third kappa shape index (κ3) is 4.00. The van der Waals surface area contributed by atoms with E-state index in [1.165, 1.54) is 5.56 Å². The van der Waals surface area contributed by atoms with E-state index in [4.69, 9.17) is 3.07 Å². The summed E-state index contributed by atoms with van der Waals surface area (Å²) in [5, 5.41) is 0. The summed E-state index contributed by atoms with van der Waals surface area (Å²) in [5.74, 6) is 0.586. The number of aryl methyl sites for hydroxylation is 1. The maximum Gasteiger partial charge on any atom is 0.192 e. The van der Waals surface area contributed by atoms with Crippen LogP contribution in [0.2, 0.25) is 0 Å². The molecule has 0 saturated carbocycles. The van der Waals surface area contributed by atoms with Crippen LogP contribution >= 0.6 is 23.0 Å². The highest BCUT2D eigenvalue weighted by atomic mass is 127. The molecule has 1 aromatic rings. The molecule has 0 spiro atoms. The van der Waals surface area contributed by atoms with Crippen LogP contribution in [0.3, 0.4) is 0 Å². The maximum atomic E-state index is 12.0. The van der Waals surface area contributed by atoms with Gasteiger partial charge in [0.2, 0.25) is 0 Å². The second-order valence-electron chi connectivity index (χ2n) is 3.86. The normalized spacial score (nSPS) is 11.7. The highest BCUT2D eigenvalue weighted by molar-refractivity contribution is 14.1. The predicted octanol–water partition coefficient (Wildman–Crippen LogP) is 3.93. The molecule has 0 fully saturated rings. The summed E-state index contributed by atoms with van der Waals surface area (Å²) < 4.78 is 5.05. The molecular formula is C14H15IO2. The first-order valence-corrected chi connectivity index (χ1v) is 6.17. The molecule has 0 aromatic heterocycles. The minimum absolute atomic E-state index is 0.0559. The van der Waals surface area contributed by atoms with Crippen molar-refractivity contribution in [2.24, 2.45) is 0 Å². The van der Waals surface area contributed by atoms with E-state index in [1.54, 1.807) is 36.0 Å². The van der Waals surface area contributed by atoms with E-state index in [1.807, 2.05) is 31.2 Å². The zero-order valence-corrected chi connectivity index (χ0v) is 12.2. The molecule has 0 unspecified atom stereocenters. The van der Waals surface area contributed by atoms with Crippen LogP contribution in [0.4, 0.5) is 0 Å². The lowest BCUT2D eigenvalue weighted by Gasteiger charge is -2.05. The quantitative estimate of drug-likeness (QED) is 0.351. The van der Waals surface area contributed by atoms with Gasteiger partial charge in [-0.1, -0.05) is 36.4 Å². The predicted molar refractivity (Wildman–Crippen MR) is 77.9 cm³/mol. The highest BCUT2D eigenvalue weighted by Gasteiger charge is 2.10. The van der Waals surface area contributed by atoms with Gasteiger partial charge >= 0.3 is 0 Å². The average Bonchev–Trinajstić information content (AvgIpc) is 2.33. The fraction of sp³-hybridized carbons (Fsp3) is 0.214. The molecule has 1 aromatic carbocycles. The van der Waals surface area contributed by atoms with Crippen LogP contribution in [0, 0.1) is 6.92 Å². The fourth-order valence-electron chi connectivity index (χ4n) is 1.40. The van der Waals surface area contributed by atoms with Crippen molar-refractivity contribution >= 4 is 28.8 Å². The molecule has 0 saturated heterocycles. The van der Waals surface area contributed by atoms with Gasteiger partial charge in [0.1, 0.15) is 5.76 Å². The van der Waals surface area contributed by atoms with Gasteiger partial charge in [0.15, 0.2) is 28.8 Å². The monoisotopic (exact) mass is 342 g/mol. The number of benzene rings is 1. The summed E-state index contributed by atoms with van der Waals surface area (Å²) in [6.07, 6.45) is 1.94. The summed E-state index contributed by atoms with van der Waals surface area (Å²) in [5.41, 5.74) is 2.81. The van der Waals surface area contributed by atoms with Gasteiger partial charge in [0.05, 0.1) is 0 Å². The van der Waals surface area contributed by atoms with E-state index in [0.717, 1.165) is 5.56 Å². The third-order valence-corrected chi connectivity index (χ3v) is 3.02. The first-order valence-electron chi connectivity index (χ1n) is 5.29. The van der Waals surface area contributed by atoms with Gasteiger partial charge in [-0.15, -0.1) is 0 Å². The van der Waals surface area contributed by atoms with E-state index >= 15 is 0 Å². The molecule has 0 radical (unpaired) electrons. The van der Waals surface area contributed by atoms with Gasteiger partial charge in [-0.3, -0.25) is 4.79 Å². The molecule has 1 rings (SSSR count). The minimum atomic E-state index is 0.0559. The maximum absolute atomic E-state index is 12.0. The lowest BCUT2D eigenvalue weighted by molar-refractivity contribution is -0.115. The number of allylic oxidation sites excluding steroid dienone is 2. The number of ketones is 1. The molecule has 0 bridgehead atoms. The molecule has 0 N–H and O–H groups in total. The summed E-state index contributed by atoms with van der Waals surface area (Å²) in [7, 11) is 0. The number of Topliss-reactive ketones (excluding diaryl/α,β-unsaturated/α-hetero) is 1. The van der Waals surface area contributed by atoms with Gasteiger partial charge < -0.3 is 3.07 Å². The molecular weight excluding hydrogens is 327 g/mol. The lowest BCUT2D eigenvalue weighted by atomic mass is 10.0. The fourth-order valence-corrected chi connectivity index (χ4v) is 1.91. The van der Waals surface area contributed by atoms with Crippen LogP contribution in [-0.4, -0.2) is 5.78 Å². The SMILES string of the molecule is C=C/C(OI)=C(\C)C(=O)Cc1ccc(C)cc1. The van der Waals surface area contributed by atoms with Gasteiger partial charge in [-0.25, -0.2) is 0 Å². The van der Waals surface area contributed by atoms with E-state index in [0.29, 0.717) is 17.8 Å². The van der Waals surface area contributed by atoms with Crippen LogP contribution in [0.1, 0.15) is 18.1 Å². The van der Waals surface area contributed by atoms with Gasteiger partial charge in [0.25, 0.3) is 0 Å². The Balaban J connectivity index is 2.82. The topological polar surface area (TPSA) is 26.3 Å². The molecule has 0 aliphatic rings. The smallest absolute Gasteiger partial charge is 0.192 e. The first kappa shape index (κ1) is 14.0. The minimum Gasteiger partial charge on any atom is -0.427 e. The first-order chi connectivity index (χ1) is 8.08. The van der Waals surface area contributed by atoms with E-state index < -0.39 is 0 Å². The van der Waals surface area contributed by atoms with Crippen LogP contribution < -0.4 is 0 Å². The van der Waals surface area contributed by atoms with Gasteiger partial charge in [-0.2, -0.15) is 0 Å². The Kier molecular flexibility index (Phi) is 5.41. The van der Waals surface area contributed by atoms with E-state index in [9.17, 15) is 4.79 Å². The largest absolute Gasteiger partial charge is 0.427 e. The number of carbonyl (C=O) groups is 1. The van der Waals surface area contributed by atoms with Gasteiger partial charge in [0, 0.05) is 12.0 Å². The molecule has 0 aliphatic carbocycles. The zero-order chi connectivity index (χ0) is 12.8. The molecule has 17 heavy (non-hydrogen) atoms. The second kappa shape index (κ2) is 6.59. The summed E-state index contributed by atoms with van der Waals surface area (Å²) in [6, 6.07) is 7.95. The molecule has 0 aliphatic heterocycles. The number of hydrogen-bond donors (Lipinski definition) is 0. The Labute approximate surface area is 116 Å². The van der Waals surface area contributed by atoms with E-state index in [-0.39, 0.29) is 5.78 Å². The van der Waals surface area contributed by atoms with Crippen LogP contribution in [0.5, 0.6) is 0 Å². The van der Waals surface area contributed by atoms with Crippen molar-refractivity contribution in [3.63, 3.8) is 0 Å².